The van der Waals surface area contributed by atoms with Crippen LogP contribution in [0.4, 0.5) is 0 Å². The van der Waals surface area contributed by atoms with E-state index < -0.39 is 0 Å². The van der Waals surface area contributed by atoms with Crippen LogP contribution in [-0.4, -0.2) is 48.4 Å². The zero-order valence-corrected chi connectivity index (χ0v) is 10.9. The third kappa shape index (κ3) is 3.09. The minimum Gasteiger partial charge on any atom is -0.336 e. The molecule has 1 fully saturated rings. The minimum absolute atomic E-state index is 0.203. The Kier molecular flexibility index (Phi) is 4.33. The third-order valence-corrected chi connectivity index (χ3v) is 3.51. The molecule has 0 aliphatic carbocycles. The van der Waals surface area contributed by atoms with Crippen molar-refractivity contribution in [1.29, 1.82) is 0 Å². The van der Waals surface area contributed by atoms with Crippen LogP contribution in [0.1, 0.15) is 12.0 Å². The second kappa shape index (κ2) is 5.98. The molecular weight excluding hydrogens is 226 g/mol. The van der Waals surface area contributed by atoms with Crippen molar-refractivity contribution in [1.82, 2.24) is 9.80 Å². The van der Waals surface area contributed by atoms with E-state index in [1.165, 1.54) is 5.56 Å². The lowest BCUT2D eigenvalue weighted by molar-refractivity contribution is -0.138. The van der Waals surface area contributed by atoms with Gasteiger partial charge in [0, 0.05) is 19.1 Å². The van der Waals surface area contributed by atoms with Crippen molar-refractivity contribution in [2.45, 2.75) is 19.0 Å². The number of benzene rings is 1. The van der Waals surface area contributed by atoms with Crippen LogP contribution in [0.2, 0.25) is 0 Å². The van der Waals surface area contributed by atoms with Crippen molar-refractivity contribution in [3.8, 4) is 0 Å². The third-order valence-electron chi connectivity index (χ3n) is 3.51. The average Bonchev–Trinajstić information content (AvgIpc) is 2.37. The number of nitrogens with zero attached hydrogens (tertiary/aromatic N) is 2. The Bertz CT molecular complexity index is 393. The second-order valence-corrected chi connectivity index (χ2v) is 4.91. The molecule has 1 aromatic rings. The first-order valence-electron chi connectivity index (χ1n) is 6.42. The molecule has 0 aromatic heterocycles. The molecule has 0 saturated carbocycles. The molecule has 98 valence electrons. The summed E-state index contributed by atoms with van der Waals surface area (Å²) in [7, 11) is 2.00. The molecule has 1 saturated heterocycles. The Balaban J connectivity index is 2.01. The van der Waals surface area contributed by atoms with Gasteiger partial charge in [0.2, 0.25) is 5.91 Å². The number of rotatable bonds is 4. The monoisotopic (exact) mass is 247 g/mol. The summed E-state index contributed by atoms with van der Waals surface area (Å²) in [5.41, 5.74) is 6.81. The molecule has 4 heteroatoms. The van der Waals surface area contributed by atoms with Crippen molar-refractivity contribution < 1.29 is 4.79 Å². The predicted molar refractivity (Wildman–Crippen MR) is 71.9 cm³/mol. The first-order valence-corrected chi connectivity index (χ1v) is 6.42. The number of hydrogen-bond acceptors (Lipinski definition) is 3. The first-order chi connectivity index (χ1) is 8.70. The summed E-state index contributed by atoms with van der Waals surface area (Å²) >= 11 is 0. The highest BCUT2D eigenvalue weighted by molar-refractivity contribution is 5.79. The summed E-state index contributed by atoms with van der Waals surface area (Å²) in [6.07, 6.45) is 0.940. The Labute approximate surface area is 108 Å². The maximum atomic E-state index is 12.0. The number of hydrogen-bond donors (Lipinski definition) is 1. The van der Waals surface area contributed by atoms with Gasteiger partial charge in [0.25, 0.3) is 0 Å². The predicted octanol–water partition coefficient (Wildman–Crippen LogP) is 0.678. The molecule has 0 spiro atoms. The van der Waals surface area contributed by atoms with Crippen molar-refractivity contribution in [2.24, 2.45) is 5.73 Å². The molecule has 1 aromatic carbocycles. The molecule has 2 rings (SSSR count). The van der Waals surface area contributed by atoms with Gasteiger partial charge in [-0.1, -0.05) is 30.3 Å². The SMILES string of the molecule is CN1CC(=O)N(Cc2ccccc2)CC1CCN. The zero-order chi connectivity index (χ0) is 13.0. The highest BCUT2D eigenvalue weighted by atomic mass is 16.2. The molecule has 2 N–H and O–H groups in total. The highest BCUT2D eigenvalue weighted by Gasteiger charge is 2.28. The molecule has 1 amide bonds. The number of nitrogens with two attached hydrogens (primary N) is 1. The number of amides is 1. The van der Waals surface area contributed by atoms with Gasteiger partial charge in [0.05, 0.1) is 6.54 Å². The van der Waals surface area contributed by atoms with Crippen LogP contribution < -0.4 is 5.73 Å². The fourth-order valence-electron chi connectivity index (χ4n) is 2.40. The topological polar surface area (TPSA) is 49.6 Å². The van der Waals surface area contributed by atoms with E-state index in [4.69, 9.17) is 5.73 Å². The molecule has 1 unspecified atom stereocenters. The largest absolute Gasteiger partial charge is 0.336 e. The Morgan fingerprint density at radius 2 is 2.06 bits per heavy atom. The van der Waals surface area contributed by atoms with Gasteiger partial charge in [-0.2, -0.15) is 0 Å². The maximum Gasteiger partial charge on any atom is 0.237 e. The van der Waals surface area contributed by atoms with Crippen LogP contribution in [0.5, 0.6) is 0 Å². The lowest BCUT2D eigenvalue weighted by atomic mass is 10.1. The van der Waals surface area contributed by atoms with Gasteiger partial charge in [0.15, 0.2) is 0 Å². The van der Waals surface area contributed by atoms with E-state index >= 15 is 0 Å². The van der Waals surface area contributed by atoms with E-state index in [1.54, 1.807) is 0 Å². The number of carbonyl (C=O) groups excluding carboxylic acids is 1. The summed E-state index contributed by atoms with van der Waals surface area (Å²) in [5.74, 6) is 0.203. The Morgan fingerprint density at radius 1 is 1.33 bits per heavy atom. The second-order valence-electron chi connectivity index (χ2n) is 4.91. The molecule has 1 heterocycles. The molecule has 4 nitrogen and oxygen atoms in total. The molecule has 1 aliphatic heterocycles. The average molecular weight is 247 g/mol. The van der Waals surface area contributed by atoms with Gasteiger partial charge in [0.1, 0.15) is 0 Å². The lowest BCUT2D eigenvalue weighted by Gasteiger charge is -2.39. The van der Waals surface area contributed by atoms with Crippen molar-refractivity contribution in [3.63, 3.8) is 0 Å². The summed E-state index contributed by atoms with van der Waals surface area (Å²) in [5, 5.41) is 0. The molecule has 0 bridgehead atoms. The van der Waals surface area contributed by atoms with Crippen LogP contribution in [0.15, 0.2) is 30.3 Å². The molecule has 1 atom stereocenters. The van der Waals surface area contributed by atoms with Gasteiger partial charge in [-0.25, -0.2) is 0 Å². The van der Waals surface area contributed by atoms with E-state index in [0.717, 1.165) is 13.0 Å². The molecule has 0 radical (unpaired) electrons. The lowest BCUT2D eigenvalue weighted by Crippen LogP contribution is -2.54. The van der Waals surface area contributed by atoms with Gasteiger partial charge in [-0.05, 0) is 25.6 Å². The van der Waals surface area contributed by atoms with E-state index in [2.05, 4.69) is 17.0 Å². The summed E-state index contributed by atoms with van der Waals surface area (Å²) in [6, 6.07) is 10.5. The van der Waals surface area contributed by atoms with Gasteiger partial charge < -0.3 is 10.6 Å². The number of piperazine rings is 1. The van der Waals surface area contributed by atoms with Crippen LogP contribution in [0, 0.1) is 0 Å². The summed E-state index contributed by atoms with van der Waals surface area (Å²) < 4.78 is 0. The minimum atomic E-state index is 0.203. The van der Waals surface area contributed by atoms with E-state index in [1.807, 2.05) is 30.1 Å². The van der Waals surface area contributed by atoms with Crippen molar-refractivity contribution in [3.05, 3.63) is 35.9 Å². The molecular formula is C14H21N3O. The van der Waals surface area contributed by atoms with Crippen molar-refractivity contribution >= 4 is 5.91 Å². The first kappa shape index (κ1) is 13.1. The van der Waals surface area contributed by atoms with Crippen LogP contribution in [0.25, 0.3) is 0 Å². The smallest absolute Gasteiger partial charge is 0.237 e. The van der Waals surface area contributed by atoms with Crippen LogP contribution in [-0.2, 0) is 11.3 Å². The fraction of sp³-hybridized carbons (Fsp3) is 0.500. The van der Waals surface area contributed by atoms with E-state index in [-0.39, 0.29) is 5.91 Å². The zero-order valence-electron chi connectivity index (χ0n) is 10.9. The fourth-order valence-corrected chi connectivity index (χ4v) is 2.40. The van der Waals surface area contributed by atoms with E-state index in [9.17, 15) is 4.79 Å². The molecule has 18 heavy (non-hydrogen) atoms. The van der Waals surface area contributed by atoms with Gasteiger partial charge in [-0.3, -0.25) is 9.69 Å². The van der Waals surface area contributed by atoms with Crippen molar-refractivity contribution in [2.75, 3.05) is 26.7 Å². The van der Waals surface area contributed by atoms with Crippen LogP contribution >= 0.6 is 0 Å². The number of likely N-dealkylation sites (N-methyl/N-ethyl adjacent to an activating group) is 1. The normalized spacial score (nSPS) is 21.3. The Morgan fingerprint density at radius 3 is 2.72 bits per heavy atom. The Hall–Kier alpha value is -1.39. The molecule has 1 aliphatic rings. The highest BCUT2D eigenvalue weighted by Crippen LogP contribution is 2.14. The van der Waals surface area contributed by atoms with Crippen LogP contribution in [0.3, 0.4) is 0 Å². The van der Waals surface area contributed by atoms with Gasteiger partial charge in [-0.15, -0.1) is 0 Å². The quantitative estimate of drug-likeness (QED) is 0.851. The summed E-state index contributed by atoms with van der Waals surface area (Å²) in [4.78, 5) is 16.1. The van der Waals surface area contributed by atoms with Gasteiger partial charge >= 0.3 is 0 Å². The maximum absolute atomic E-state index is 12.0. The summed E-state index contributed by atoms with van der Waals surface area (Å²) in [6.45, 7) is 2.65. The number of carbonyl (C=O) groups is 1. The standard InChI is InChI=1S/C14H21N3O/c1-16-11-14(18)17(10-13(16)7-8-15)9-12-5-3-2-4-6-12/h2-6,13H,7-11,15H2,1H3. The van der Waals surface area contributed by atoms with E-state index in [0.29, 0.717) is 25.7 Å².